The molecule has 0 saturated heterocycles. The highest BCUT2D eigenvalue weighted by Crippen LogP contribution is 2.42. The van der Waals surface area contributed by atoms with Crippen LogP contribution in [0, 0.1) is 5.92 Å². The van der Waals surface area contributed by atoms with Gasteiger partial charge in [0.2, 0.25) is 0 Å². The number of nitrogens with one attached hydrogen (secondary N) is 1. The van der Waals surface area contributed by atoms with Crippen LogP contribution in [-0.4, -0.2) is 25.3 Å². The number of hydrogen-bond acceptors (Lipinski definition) is 4. The first-order chi connectivity index (χ1) is 13.2. The second-order valence-corrected chi connectivity index (χ2v) is 8.56. The van der Waals surface area contributed by atoms with Crippen LogP contribution in [0.2, 0.25) is 0 Å². The summed E-state index contributed by atoms with van der Waals surface area (Å²) in [5, 5.41) is 4.02. The molecule has 0 radical (unpaired) electrons. The van der Waals surface area contributed by atoms with Crippen LogP contribution < -0.4 is 10.1 Å². The van der Waals surface area contributed by atoms with Crippen molar-refractivity contribution in [2.45, 2.75) is 51.5 Å². The van der Waals surface area contributed by atoms with Crippen LogP contribution in [0.25, 0.3) is 0 Å². The second-order valence-electron chi connectivity index (χ2n) is 7.48. The van der Waals surface area contributed by atoms with Gasteiger partial charge in [-0.05, 0) is 73.4 Å². The van der Waals surface area contributed by atoms with E-state index in [9.17, 15) is 4.79 Å². The number of methoxy groups -OCH3 is 1. The second kappa shape index (κ2) is 7.85. The molecule has 0 unspecified atom stereocenters. The highest BCUT2D eigenvalue weighted by Gasteiger charge is 2.31. The minimum absolute atomic E-state index is 0.0619. The van der Waals surface area contributed by atoms with Crippen molar-refractivity contribution in [3.63, 3.8) is 0 Å². The molecule has 0 bridgehead atoms. The van der Waals surface area contributed by atoms with Crippen LogP contribution in [0.4, 0.5) is 5.00 Å². The van der Waals surface area contributed by atoms with E-state index in [1.165, 1.54) is 23.3 Å². The van der Waals surface area contributed by atoms with E-state index in [1.807, 2.05) is 30.5 Å². The van der Waals surface area contributed by atoms with Gasteiger partial charge >= 0.3 is 0 Å². The first kappa shape index (κ1) is 18.2. The summed E-state index contributed by atoms with van der Waals surface area (Å²) in [7, 11) is 1.66. The zero-order chi connectivity index (χ0) is 18.8. The smallest absolute Gasteiger partial charge is 0.254 e. The fraction of sp³-hybridized carbons (Fsp3) is 0.455. The molecular weight excluding hydrogens is 356 g/mol. The molecule has 1 N–H and O–H groups in total. The fourth-order valence-electron chi connectivity index (χ4n) is 3.62. The Bertz CT molecular complexity index is 850. The molecule has 1 aromatic carbocycles. The van der Waals surface area contributed by atoms with Gasteiger partial charge in [0, 0.05) is 17.1 Å². The van der Waals surface area contributed by atoms with Gasteiger partial charge in [0.1, 0.15) is 10.8 Å². The Hall–Kier alpha value is -2.14. The molecular formula is C22H26N2O2S. The molecule has 1 atom stereocenters. The Morgan fingerprint density at radius 3 is 2.74 bits per heavy atom. The number of rotatable bonds is 6. The van der Waals surface area contributed by atoms with Crippen LogP contribution in [-0.2, 0) is 12.8 Å². The number of nitrogens with zero attached hydrogens (tertiary/aromatic N) is 1. The molecule has 1 saturated carbocycles. The normalized spacial score (nSPS) is 19.1. The Morgan fingerprint density at radius 2 is 2.07 bits per heavy atom. The van der Waals surface area contributed by atoms with E-state index in [2.05, 4.69) is 12.2 Å². The number of carbonyl (C=O) groups is 1. The number of hydrogen-bond donors (Lipinski definition) is 1. The van der Waals surface area contributed by atoms with Crippen LogP contribution in [0.5, 0.6) is 5.75 Å². The van der Waals surface area contributed by atoms with Crippen molar-refractivity contribution in [2.75, 3.05) is 7.11 Å². The maximum atomic E-state index is 12.9. The molecule has 1 aromatic heterocycles. The van der Waals surface area contributed by atoms with Gasteiger partial charge in [-0.25, -0.2) is 4.99 Å². The van der Waals surface area contributed by atoms with E-state index in [0.29, 0.717) is 6.04 Å². The average Bonchev–Trinajstić information content (AvgIpc) is 3.43. The van der Waals surface area contributed by atoms with Gasteiger partial charge in [0.05, 0.1) is 12.7 Å². The average molecular weight is 383 g/mol. The number of amides is 1. The van der Waals surface area contributed by atoms with Crippen molar-refractivity contribution in [1.29, 1.82) is 0 Å². The Labute approximate surface area is 164 Å². The third kappa shape index (κ3) is 4.08. The van der Waals surface area contributed by atoms with Crippen LogP contribution in [0.1, 0.15) is 59.0 Å². The molecule has 0 spiro atoms. The van der Waals surface area contributed by atoms with Gasteiger partial charge in [0.15, 0.2) is 0 Å². The lowest BCUT2D eigenvalue weighted by molar-refractivity contribution is 0.0951. The van der Waals surface area contributed by atoms with Gasteiger partial charge < -0.3 is 10.1 Å². The molecule has 2 aliphatic rings. The predicted octanol–water partition coefficient (Wildman–Crippen LogP) is 4.91. The predicted molar refractivity (Wildman–Crippen MR) is 111 cm³/mol. The van der Waals surface area contributed by atoms with Crippen molar-refractivity contribution in [1.82, 2.24) is 5.32 Å². The van der Waals surface area contributed by atoms with Crippen molar-refractivity contribution in [3.05, 3.63) is 45.8 Å². The molecule has 0 aliphatic heterocycles. The molecule has 5 heteroatoms. The number of thiophene rings is 1. The molecule has 1 fully saturated rings. The summed E-state index contributed by atoms with van der Waals surface area (Å²) in [5.41, 5.74) is 3.06. The maximum absolute atomic E-state index is 12.9. The molecule has 2 aliphatic carbocycles. The molecule has 1 heterocycles. The molecule has 27 heavy (non-hydrogen) atoms. The Morgan fingerprint density at radius 1 is 1.30 bits per heavy atom. The summed E-state index contributed by atoms with van der Waals surface area (Å²) in [6, 6.07) is 8.17. The molecule has 2 aromatic rings. The maximum Gasteiger partial charge on any atom is 0.254 e. The summed E-state index contributed by atoms with van der Waals surface area (Å²) in [5.74, 6) is 1.62. The van der Waals surface area contributed by atoms with Gasteiger partial charge in [-0.1, -0.05) is 13.3 Å². The van der Waals surface area contributed by atoms with Gasteiger partial charge in [0.25, 0.3) is 5.91 Å². The quantitative estimate of drug-likeness (QED) is 0.721. The van der Waals surface area contributed by atoms with E-state index in [-0.39, 0.29) is 5.91 Å². The zero-order valence-electron chi connectivity index (χ0n) is 16.0. The lowest BCUT2D eigenvalue weighted by Crippen LogP contribution is -2.26. The highest BCUT2D eigenvalue weighted by molar-refractivity contribution is 7.16. The van der Waals surface area contributed by atoms with E-state index in [0.717, 1.165) is 53.5 Å². The fourth-order valence-corrected chi connectivity index (χ4v) is 4.92. The summed E-state index contributed by atoms with van der Waals surface area (Å²) < 4.78 is 5.21. The molecule has 142 valence electrons. The Kier molecular flexibility index (Phi) is 5.30. The summed E-state index contributed by atoms with van der Waals surface area (Å²) in [4.78, 5) is 19.0. The van der Waals surface area contributed by atoms with Crippen molar-refractivity contribution < 1.29 is 9.53 Å². The first-order valence-corrected chi connectivity index (χ1v) is 10.6. The standard InChI is InChI=1S/C22H26N2O2S/c1-3-14-6-11-18-19(12-14)27-22(20(18)21(25)24-16-7-8-16)23-13-15-4-9-17(26-2)10-5-15/h4-5,9-10,13-14,16H,3,6-8,11-12H2,1-2H3,(H,24,25)/t14-/m1/s1. The highest BCUT2D eigenvalue weighted by atomic mass is 32.1. The van der Waals surface area contributed by atoms with Crippen LogP contribution in [0.3, 0.4) is 0 Å². The van der Waals surface area contributed by atoms with E-state index >= 15 is 0 Å². The van der Waals surface area contributed by atoms with Crippen LogP contribution in [0.15, 0.2) is 29.3 Å². The largest absolute Gasteiger partial charge is 0.497 e. The lowest BCUT2D eigenvalue weighted by atomic mass is 9.85. The lowest BCUT2D eigenvalue weighted by Gasteiger charge is -2.21. The number of ether oxygens (including phenoxy) is 1. The Balaban J connectivity index is 1.64. The van der Waals surface area contributed by atoms with E-state index < -0.39 is 0 Å². The minimum atomic E-state index is 0.0619. The molecule has 4 nitrogen and oxygen atoms in total. The molecule has 1 amide bonds. The van der Waals surface area contributed by atoms with Gasteiger partial charge in [-0.3, -0.25) is 4.79 Å². The van der Waals surface area contributed by atoms with Crippen LogP contribution >= 0.6 is 11.3 Å². The van der Waals surface area contributed by atoms with Gasteiger partial charge in [-0.2, -0.15) is 0 Å². The van der Waals surface area contributed by atoms with Crippen molar-refractivity contribution in [3.8, 4) is 5.75 Å². The third-order valence-corrected chi connectivity index (χ3v) is 6.67. The summed E-state index contributed by atoms with van der Waals surface area (Å²) in [6.45, 7) is 2.26. The zero-order valence-corrected chi connectivity index (χ0v) is 16.8. The first-order valence-electron chi connectivity index (χ1n) is 9.81. The number of benzene rings is 1. The van der Waals surface area contributed by atoms with Crippen molar-refractivity contribution in [2.24, 2.45) is 10.9 Å². The number of fused-ring (bicyclic) bond motifs is 1. The van der Waals surface area contributed by atoms with Crippen molar-refractivity contribution >= 4 is 28.5 Å². The number of aliphatic imine (C=N–C) groups is 1. The van der Waals surface area contributed by atoms with E-state index in [4.69, 9.17) is 9.73 Å². The molecule has 4 rings (SSSR count). The SMILES string of the molecule is CC[C@@H]1CCc2c(sc(N=Cc3ccc(OC)cc3)c2C(=O)NC2CC2)C1. The number of carbonyl (C=O) groups excluding carboxylic acids is 1. The monoisotopic (exact) mass is 382 g/mol. The topological polar surface area (TPSA) is 50.7 Å². The third-order valence-electron chi connectivity index (χ3n) is 5.51. The summed E-state index contributed by atoms with van der Waals surface area (Å²) >= 11 is 1.70. The minimum Gasteiger partial charge on any atom is -0.497 e. The summed E-state index contributed by atoms with van der Waals surface area (Å²) in [6.07, 6.45) is 8.49. The van der Waals surface area contributed by atoms with Gasteiger partial charge in [-0.15, -0.1) is 11.3 Å². The van der Waals surface area contributed by atoms with E-state index in [1.54, 1.807) is 18.4 Å².